The molecular weight excluding hydrogens is 468 g/mol. The number of sulfonamides is 1. The zero-order valence-corrected chi connectivity index (χ0v) is 20.5. The number of benzene rings is 1. The molecule has 0 radical (unpaired) electrons. The van der Waals surface area contributed by atoms with Crippen LogP contribution in [0.1, 0.15) is 37.1 Å². The lowest BCUT2D eigenvalue weighted by Crippen LogP contribution is -2.54. The smallest absolute Gasteiger partial charge is 0.241 e. The number of aromatic nitrogens is 3. The van der Waals surface area contributed by atoms with E-state index < -0.39 is 16.1 Å². The molecule has 0 bridgehead atoms. The maximum Gasteiger partial charge on any atom is 0.241 e. The van der Waals surface area contributed by atoms with Gasteiger partial charge in [-0.25, -0.2) is 13.4 Å². The van der Waals surface area contributed by atoms with Gasteiger partial charge in [-0.05, 0) is 50.5 Å². The van der Waals surface area contributed by atoms with E-state index in [1.54, 1.807) is 37.1 Å². The van der Waals surface area contributed by atoms with Crippen molar-refractivity contribution in [1.29, 1.82) is 0 Å². The average molecular weight is 497 g/mol. The molecule has 1 atom stereocenters. The molecule has 1 aliphatic carbocycles. The maximum atomic E-state index is 13.2. The monoisotopic (exact) mass is 496 g/mol. The molecule has 2 fully saturated rings. The van der Waals surface area contributed by atoms with Crippen LogP contribution in [0.15, 0.2) is 52.0 Å². The van der Waals surface area contributed by atoms with Crippen LogP contribution in [0.3, 0.4) is 0 Å². The first-order chi connectivity index (χ1) is 16.8. The fourth-order valence-electron chi connectivity index (χ4n) is 4.19. The van der Waals surface area contributed by atoms with Crippen molar-refractivity contribution in [3.63, 3.8) is 0 Å². The second kappa shape index (κ2) is 9.38. The highest BCUT2D eigenvalue weighted by Crippen LogP contribution is 2.39. The highest BCUT2D eigenvalue weighted by Gasteiger charge is 2.31. The number of nitrogens with one attached hydrogen (secondary N) is 1. The van der Waals surface area contributed by atoms with Crippen molar-refractivity contribution in [2.24, 2.45) is 0 Å². The molecule has 1 aromatic carbocycles. The minimum absolute atomic E-state index is 0.0902. The second-order valence-corrected chi connectivity index (χ2v) is 10.7. The number of piperazine rings is 1. The van der Waals surface area contributed by atoms with E-state index in [-0.39, 0.29) is 10.8 Å². The quantitative estimate of drug-likeness (QED) is 0.529. The van der Waals surface area contributed by atoms with Crippen LogP contribution >= 0.6 is 0 Å². The van der Waals surface area contributed by atoms with Crippen LogP contribution < -0.4 is 9.62 Å². The molecule has 1 saturated heterocycles. The number of amides is 1. The molecule has 1 unspecified atom stereocenters. The molecule has 1 amide bonds. The molecule has 3 heterocycles. The lowest BCUT2D eigenvalue weighted by atomic mass is 10.1. The Morgan fingerprint density at radius 1 is 1.14 bits per heavy atom. The summed E-state index contributed by atoms with van der Waals surface area (Å²) in [6, 6.07) is 9.83. The van der Waals surface area contributed by atoms with Gasteiger partial charge < -0.3 is 14.3 Å². The lowest BCUT2D eigenvalue weighted by molar-refractivity contribution is -0.132. The van der Waals surface area contributed by atoms with Gasteiger partial charge in [0.25, 0.3) is 0 Å². The van der Waals surface area contributed by atoms with E-state index in [1.807, 2.05) is 18.2 Å². The number of hydrogen-bond acceptors (Lipinski definition) is 8. The standard InChI is InChI=1S/C24H28N6O4S/c1-16-6-7-19(22-26-23(34-27-22)18-8-9-18)15-20(16)35(32,33)28-17(2)24(31)30-13-11-29(12-14-30)21-5-3-4-10-25-21/h3-7,10,15,17-18,28H,8-9,11-14H2,1-2H3. The molecular formula is C24H28N6O4S. The Balaban J connectivity index is 1.25. The number of carbonyl (C=O) groups excluding carboxylic acids is 1. The van der Waals surface area contributed by atoms with Gasteiger partial charge >= 0.3 is 0 Å². The summed E-state index contributed by atoms with van der Waals surface area (Å²) in [5.74, 6) is 1.87. The van der Waals surface area contributed by atoms with Crippen molar-refractivity contribution < 1.29 is 17.7 Å². The number of rotatable bonds is 7. The van der Waals surface area contributed by atoms with Gasteiger partial charge in [0.15, 0.2) is 0 Å². The van der Waals surface area contributed by atoms with E-state index in [0.717, 1.165) is 18.7 Å². The summed E-state index contributed by atoms with van der Waals surface area (Å²) in [5, 5.41) is 4.01. The maximum absolute atomic E-state index is 13.2. The third kappa shape index (κ3) is 5.06. The van der Waals surface area contributed by atoms with Crippen molar-refractivity contribution in [2.75, 3.05) is 31.1 Å². The van der Waals surface area contributed by atoms with Gasteiger partial charge in [0.2, 0.25) is 27.6 Å². The Bertz CT molecular complexity index is 1310. The first-order valence-electron chi connectivity index (χ1n) is 11.7. The number of aryl methyl sites for hydroxylation is 1. The van der Waals surface area contributed by atoms with Gasteiger partial charge in [-0.1, -0.05) is 23.4 Å². The van der Waals surface area contributed by atoms with Crippen LogP contribution in [-0.4, -0.2) is 66.6 Å². The first-order valence-corrected chi connectivity index (χ1v) is 13.2. The molecule has 11 heteroatoms. The summed E-state index contributed by atoms with van der Waals surface area (Å²) in [7, 11) is -3.96. The fraction of sp³-hybridized carbons (Fsp3) is 0.417. The van der Waals surface area contributed by atoms with Gasteiger partial charge in [0.1, 0.15) is 5.82 Å². The first kappa shape index (κ1) is 23.4. The van der Waals surface area contributed by atoms with Crippen LogP contribution in [0.25, 0.3) is 11.4 Å². The number of nitrogens with zero attached hydrogens (tertiary/aromatic N) is 5. The molecule has 35 heavy (non-hydrogen) atoms. The summed E-state index contributed by atoms with van der Waals surface area (Å²) < 4.78 is 34.3. The zero-order chi connectivity index (χ0) is 24.6. The second-order valence-electron chi connectivity index (χ2n) is 9.05. The average Bonchev–Trinajstić information content (AvgIpc) is 3.60. The molecule has 0 spiro atoms. The van der Waals surface area contributed by atoms with E-state index in [0.29, 0.717) is 54.9 Å². The third-order valence-electron chi connectivity index (χ3n) is 6.37. The van der Waals surface area contributed by atoms with Crippen molar-refractivity contribution >= 4 is 21.7 Å². The van der Waals surface area contributed by atoms with E-state index in [9.17, 15) is 13.2 Å². The normalized spacial score (nSPS) is 17.4. The number of pyridine rings is 1. The largest absolute Gasteiger partial charge is 0.353 e. The number of anilines is 1. The van der Waals surface area contributed by atoms with Crippen LogP contribution in [0.2, 0.25) is 0 Å². The van der Waals surface area contributed by atoms with Gasteiger partial charge in [0, 0.05) is 43.9 Å². The van der Waals surface area contributed by atoms with Gasteiger partial charge in [-0.3, -0.25) is 4.79 Å². The minimum Gasteiger partial charge on any atom is -0.353 e. The Labute approximate surface area is 204 Å². The predicted molar refractivity (Wildman–Crippen MR) is 129 cm³/mol. The Kier molecular flexibility index (Phi) is 6.28. The van der Waals surface area contributed by atoms with E-state index >= 15 is 0 Å². The summed E-state index contributed by atoms with van der Waals surface area (Å²) in [5.41, 5.74) is 1.12. The highest BCUT2D eigenvalue weighted by molar-refractivity contribution is 7.89. The van der Waals surface area contributed by atoms with Crippen LogP contribution in [0, 0.1) is 6.92 Å². The van der Waals surface area contributed by atoms with Gasteiger partial charge in [-0.15, -0.1) is 0 Å². The Morgan fingerprint density at radius 3 is 2.60 bits per heavy atom. The van der Waals surface area contributed by atoms with Gasteiger partial charge in [-0.2, -0.15) is 9.71 Å². The molecule has 1 N–H and O–H groups in total. The molecule has 5 rings (SSSR count). The lowest BCUT2D eigenvalue weighted by Gasteiger charge is -2.36. The SMILES string of the molecule is Cc1ccc(-c2noc(C3CC3)n2)cc1S(=O)(=O)NC(C)C(=O)N1CCN(c2ccccn2)CC1. The van der Waals surface area contributed by atoms with Crippen molar-refractivity contribution in [3.8, 4) is 11.4 Å². The molecule has 1 saturated carbocycles. The number of carbonyl (C=O) groups is 1. The Morgan fingerprint density at radius 2 is 1.91 bits per heavy atom. The number of hydrogen-bond donors (Lipinski definition) is 1. The van der Waals surface area contributed by atoms with E-state index in [4.69, 9.17) is 4.52 Å². The topological polar surface area (TPSA) is 122 Å². The summed E-state index contributed by atoms with van der Waals surface area (Å²) in [4.78, 5) is 25.7. The predicted octanol–water partition coefficient (Wildman–Crippen LogP) is 2.33. The van der Waals surface area contributed by atoms with Crippen LogP contribution in [-0.2, 0) is 14.8 Å². The third-order valence-corrected chi connectivity index (χ3v) is 8.05. The van der Waals surface area contributed by atoms with Crippen LogP contribution in [0.4, 0.5) is 5.82 Å². The Hall–Kier alpha value is -3.31. The molecule has 3 aromatic rings. The van der Waals surface area contributed by atoms with Gasteiger partial charge in [0.05, 0.1) is 10.9 Å². The minimum atomic E-state index is -3.96. The van der Waals surface area contributed by atoms with Crippen molar-refractivity contribution in [1.82, 2.24) is 24.7 Å². The molecule has 10 nitrogen and oxygen atoms in total. The van der Waals surface area contributed by atoms with E-state index in [2.05, 4.69) is 24.7 Å². The summed E-state index contributed by atoms with van der Waals surface area (Å²) in [6.07, 6.45) is 3.80. The van der Waals surface area contributed by atoms with Crippen molar-refractivity contribution in [2.45, 2.75) is 43.5 Å². The summed E-state index contributed by atoms with van der Waals surface area (Å²) >= 11 is 0. The highest BCUT2D eigenvalue weighted by atomic mass is 32.2. The fourth-order valence-corrected chi connectivity index (χ4v) is 5.66. The van der Waals surface area contributed by atoms with E-state index in [1.165, 1.54) is 6.07 Å². The molecule has 184 valence electrons. The molecule has 2 aliphatic rings. The van der Waals surface area contributed by atoms with Crippen LogP contribution in [0.5, 0.6) is 0 Å². The zero-order valence-electron chi connectivity index (χ0n) is 19.7. The summed E-state index contributed by atoms with van der Waals surface area (Å²) in [6.45, 7) is 5.56. The van der Waals surface area contributed by atoms with Crippen molar-refractivity contribution in [3.05, 3.63) is 54.0 Å². The molecule has 2 aromatic heterocycles. The molecule has 1 aliphatic heterocycles.